The van der Waals surface area contributed by atoms with E-state index in [1.807, 2.05) is 24.3 Å². The Morgan fingerprint density at radius 1 is 1.41 bits per heavy atom. The number of halogens is 1. The van der Waals surface area contributed by atoms with E-state index in [9.17, 15) is 4.79 Å². The molecule has 0 aliphatic carbocycles. The summed E-state index contributed by atoms with van der Waals surface area (Å²) in [6.07, 6.45) is 2.29. The molecule has 17 heavy (non-hydrogen) atoms. The molecule has 1 aromatic carbocycles. The van der Waals surface area contributed by atoms with Crippen LogP contribution in [0.3, 0.4) is 0 Å². The standard InChI is InChI=1S/C11H11ClN4O/c12-9-4-2-1-3-8(9)5-6-10(17)15-11-13-7-14-16-11/h1-4,7H,5-6H2,(H2,13,14,15,16,17). The smallest absolute Gasteiger partial charge is 0.227 e. The highest BCUT2D eigenvalue weighted by atomic mass is 35.5. The molecule has 2 N–H and O–H groups in total. The molecule has 1 aromatic heterocycles. The number of amides is 1. The lowest BCUT2D eigenvalue weighted by atomic mass is 10.1. The summed E-state index contributed by atoms with van der Waals surface area (Å²) in [4.78, 5) is 15.4. The van der Waals surface area contributed by atoms with Gasteiger partial charge in [-0.25, -0.2) is 5.10 Å². The monoisotopic (exact) mass is 250 g/mol. The van der Waals surface area contributed by atoms with E-state index >= 15 is 0 Å². The van der Waals surface area contributed by atoms with Gasteiger partial charge in [-0.15, -0.1) is 0 Å². The molecule has 2 aromatic rings. The third-order valence-corrected chi connectivity index (χ3v) is 2.62. The normalized spacial score (nSPS) is 10.2. The molecular weight excluding hydrogens is 240 g/mol. The van der Waals surface area contributed by atoms with Crippen LogP contribution in [-0.2, 0) is 11.2 Å². The minimum atomic E-state index is -0.123. The number of rotatable bonds is 4. The number of benzene rings is 1. The molecule has 0 spiro atoms. The van der Waals surface area contributed by atoms with Crippen LogP contribution in [0, 0.1) is 0 Å². The molecule has 2 rings (SSSR count). The van der Waals surface area contributed by atoms with Crippen LogP contribution in [0.1, 0.15) is 12.0 Å². The predicted octanol–water partition coefficient (Wildman–Crippen LogP) is 2.03. The first-order chi connectivity index (χ1) is 8.25. The van der Waals surface area contributed by atoms with Gasteiger partial charge in [0.25, 0.3) is 0 Å². The van der Waals surface area contributed by atoms with Crippen LogP contribution < -0.4 is 5.32 Å². The SMILES string of the molecule is O=C(CCc1ccccc1Cl)Nc1ncn[nH]1. The molecule has 0 aliphatic rings. The van der Waals surface area contributed by atoms with Crippen molar-refractivity contribution in [3.63, 3.8) is 0 Å². The summed E-state index contributed by atoms with van der Waals surface area (Å²) in [5.41, 5.74) is 0.960. The summed E-state index contributed by atoms with van der Waals surface area (Å²) < 4.78 is 0. The molecule has 0 saturated carbocycles. The van der Waals surface area contributed by atoms with Gasteiger partial charge in [-0.1, -0.05) is 29.8 Å². The zero-order valence-electron chi connectivity index (χ0n) is 8.98. The Bertz CT molecular complexity index is 498. The van der Waals surface area contributed by atoms with E-state index in [0.29, 0.717) is 23.8 Å². The van der Waals surface area contributed by atoms with Crippen molar-refractivity contribution in [1.82, 2.24) is 15.2 Å². The molecule has 0 aliphatic heterocycles. The van der Waals surface area contributed by atoms with Crippen molar-refractivity contribution >= 4 is 23.5 Å². The fourth-order valence-electron chi connectivity index (χ4n) is 1.41. The summed E-state index contributed by atoms with van der Waals surface area (Å²) in [5.74, 6) is 0.232. The highest BCUT2D eigenvalue weighted by Crippen LogP contribution is 2.16. The molecule has 1 heterocycles. The van der Waals surface area contributed by atoms with E-state index in [4.69, 9.17) is 11.6 Å². The number of aryl methyl sites for hydroxylation is 1. The number of carbonyl (C=O) groups excluding carboxylic acids is 1. The predicted molar refractivity (Wildman–Crippen MR) is 64.8 cm³/mol. The van der Waals surface area contributed by atoms with Crippen LogP contribution in [0.4, 0.5) is 5.95 Å². The Hall–Kier alpha value is -1.88. The van der Waals surface area contributed by atoms with Crippen LogP contribution in [0.15, 0.2) is 30.6 Å². The molecule has 0 saturated heterocycles. The fraction of sp³-hybridized carbons (Fsp3) is 0.182. The van der Waals surface area contributed by atoms with E-state index < -0.39 is 0 Å². The Morgan fingerprint density at radius 3 is 2.94 bits per heavy atom. The minimum absolute atomic E-state index is 0.123. The third kappa shape index (κ3) is 3.29. The van der Waals surface area contributed by atoms with Crippen LogP contribution >= 0.6 is 11.6 Å². The van der Waals surface area contributed by atoms with Crippen LogP contribution in [0.5, 0.6) is 0 Å². The molecule has 0 bridgehead atoms. The Labute approximate surface area is 103 Å². The van der Waals surface area contributed by atoms with Crippen molar-refractivity contribution in [3.05, 3.63) is 41.2 Å². The Morgan fingerprint density at radius 2 is 2.24 bits per heavy atom. The molecule has 0 radical (unpaired) electrons. The zero-order valence-corrected chi connectivity index (χ0v) is 9.74. The molecule has 0 fully saturated rings. The van der Waals surface area contributed by atoms with Gasteiger partial charge in [0.1, 0.15) is 6.33 Å². The molecular formula is C11H11ClN4O. The van der Waals surface area contributed by atoms with Crippen molar-refractivity contribution < 1.29 is 4.79 Å². The van der Waals surface area contributed by atoms with E-state index in [0.717, 1.165) is 5.56 Å². The first-order valence-corrected chi connectivity index (χ1v) is 5.52. The lowest BCUT2D eigenvalue weighted by Gasteiger charge is -2.03. The number of nitrogens with zero attached hydrogens (tertiary/aromatic N) is 2. The lowest BCUT2D eigenvalue weighted by molar-refractivity contribution is -0.116. The second-order valence-corrected chi connectivity index (χ2v) is 3.88. The number of hydrogen-bond donors (Lipinski definition) is 2. The molecule has 0 unspecified atom stereocenters. The summed E-state index contributed by atoms with van der Waals surface area (Å²) in [7, 11) is 0. The maximum atomic E-state index is 11.6. The number of nitrogens with one attached hydrogen (secondary N) is 2. The molecule has 0 atom stereocenters. The maximum absolute atomic E-state index is 11.6. The Balaban J connectivity index is 1.86. The Kier molecular flexibility index (Phi) is 3.72. The number of aromatic nitrogens is 3. The van der Waals surface area contributed by atoms with Crippen LogP contribution in [-0.4, -0.2) is 21.1 Å². The van der Waals surface area contributed by atoms with Gasteiger partial charge in [0, 0.05) is 11.4 Å². The van der Waals surface area contributed by atoms with Gasteiger partial charge in [-0.3, -0.25) is 10.1 Å². The van der Waals surface area contributed by atoms with Crippen LogP contribution in [0.2, 0.25) is 5.02 Å². The minimum Gasteiger partial charge on any atom is -0.295 e. The lowest BCUT2D eigenvalue weighted by Crippen LogP contribution is -2.13. The number of H-pyrrole nitrogens is 1. The topological polar surface area (TPSA) is 70.7 Å². The van der Waals surface area contributed by atoms with Crippen molar-refractivity contribution in [1.29, 1.82) is 0 Å². The van der Waals surface area contributed by atoms with Crippen LogP contribution in [0.25, 0.3) is 0 Å². The summed E-state index contributed by atoms with van der Waals surface area (Å²) in [6.45, 7) is 0. The van der Waals surface area contributed by atoms with Gasteiger partial charge >= 0.3 is 0 Å². The molecule has 1 amide bonds. The van der Waals surface area contributed by atoms with Crippen molar-refractivity contribution in [2.24, 2.45) is 0 Å². The second kappa shape index (κ2) is 5.45. The summed E-state index contributed by atoms with van der Waals surface area (Å²) >= 11 is 5.99. The molecule has 6 heteroatoms. The zero-order chi connectivity index (χ0) is 12.1. The van der Waals surface area contributed by atoms with E-state index in [1.54, 1.807) is 0 Å². The molecule has 5 nitrogen and oxygen atoms in total. The van der Waals surface area contributed by atoms with E-state index in [1.165, 1.54) is 6.33 Å². The van der Waals surface area contributed by atoms with Crippen molar-refractivity contribution in [2.75, 3.05) is 5.32 Å². The number of hydrogen-bond acceptors (Lipinski definition) is 3. The highest BCUT2D eigenvalue weighted by Gasteiger charge is 2.06. The summed E-state index contributed by atoms with van der Waals surface area (Å²) in [6, 6.07) is 7.48. The van der Waals surface area contributed by atoms with Gasteiger partial charge in [0.2, 0.25) is 11.9 Å². The second-order valence-electron chi connectivity index (χ2n) is 3.47. The van der Waals surface area contributed by atoms with Gasteiger partial charge in [0.05, 0.1) is 0 Å². The third-order valence-electron chi connectivity index (χ3n) is 2.25. The largest absolute Gasteiger partial charge is 0.295 e. The fourth-order valence-corrected chi connectivity index (χ4v) is 1.64. The van der Waals surface area contributed by atoms with Crippen molar-refractivity contribution in [2.45, 2.75) is 12.8 Å². The maximum Gasteiger partial charge on any atom is 0.227 e. The van der Waals surface area contributed by atoms with E-state index in [2.05, 4.69) is 20.5 Å². The number of aromatic amines is 1. The highest BCUT2D eigenvalue weighted by molar-refractivity contribution is 6.31. The van der Waals surface area contributed by atoms with Gasteiger partial charge in [0.15, 0.2) is 0 Å². The van der Waals surface area contributed by atoms with E-state index in [-0.39, 0.29) is 5.91 Å². The average Bonchev–Trinajstić information content (AvgIpc) is 2.81. The van der Waals surface area contributed by atoms with Gasteiger partial charge in [-0.05, 0) is 18.1 Å². The van der Waals surface area contributed by atoms with Gasteiger partial charge < -0.3 is 0 Å². The quantitative estimate of drug-likeness (QED) is 0.872. The number of anilines is 1. The first-order valence-electron chi connectivity index (χ1n) is 5.14. The summed E-state index contributed by atoms with van der Waals surface area (Å²) in [5, 5.41) is 9.48. The first kappa shape index (κ1) is 11.6. The van der Waals surface area contributed by atoms with Gasteiger partial charge in [-0.2, -0.15) is 10.1 Å². The average molecular weight is 251 g/mol. The molecule has 88 valence electrons. The van der Waals surface area contributed by atoms with Crippen molar-refractivity contribution in [3.8, 4) is 0 Å². The number of carbonyl (C=O) groups is 1.